The first kappa shape index (κ1) is 13.2. The Morgan fingerprint density at radius 1 is 1.22 bits per heavy atom. The molecular weight excluding hydrogens is 268 g/mol. The predicted molar refractivity (Wildman–Crippen MR) is 73.0 cm³/mol. The maximum absolute atomic E-state index is 11.1. The molecule has 0 aliphatic carbocycles. The maximum Gasteiger partial charge on any atom is 0.238 e. The minimum Gasteiger partial charge on any atom is -0.249 e. The van der Waals surface area contributed by atoms with Gasteiger partial charge in [0.25, 0.3) is 0 Å². The van der Waals surface area contributed by atoms with E-state index in [9.17, 15) is 8.42 Å². The van der Waals surface area contributed by atoms with E-state index in [0.29, 0.717) is 5.92 Å². The van der Waals surface area contributed by atoms with Crippen LogP contribution in [0.2, 0.25) is 0 Å². The molecule has 0 bridgehead atoms. The summed E-state index contributed by atoms with van der Waals surface area (Å²) >= 11 is 1.62. The van der Waals surface area contributed by atoms with Crippen LogP contribution in [0, 0.1) is 0 Å². The Labute approximate surface area is 111 Å². The van der Waals surface area contributed by atoms with E-state index in [-0.39, 0.29) is 4.90 Å². The zero-order chi connectivity index (χ0) is 13.3. The number of primary sulfonamides is 1. The van der Waals surface area contributed by atoms with Crippen LogP contribution in [0.15, 0.2) is 35.4 Å². The molecule has 0 saturated carbocycles. The molecule has 4 nitrogen and oxygen atoms in total. The lowest BCUT2D eigenvalue weighted by Crippen LogP contribution is -2.11. The molecule has 2 rings (SSSR count). The molecule has 0 atom stereocenters. The number of aromatic nitrogens is 1. The van der Waals surface area contributed by atoms with Gasteiger partial charge in [-0.05, 0) is 17.7 Å². The van der Waals surface area contributed by atoms with Crippen molar-refractivity contribution in [2.24, 2.45) is 5.14 Å². The molecule has 1 aromatic heterocycles. The van der Waals surface area contributed by atoms with E-state index in [1.54, 1.807) is 23.5 Å². The van der Waals surface area contributed by atoms with Gasteiger partial charge in [0.05, 0.1) is 14.8 Å². The largest absolute Gasteiger partial charge is 0.249 e. The number of nitrogens with two attached hydrogens (primary N) is 1. The number of rotatable bonds is 3. The summed E-state index contributed by atoms with van der Waals surface area (Å²) in [6, 6.07) is 6.52. The number of benzene rings is 1. The van der Waals surface area contributed by atoms with E-state index in [2.05, 4.69) is 18.8 Å². The van der Waals surface area contributed by atoms with Gasteiger partial charge in [-0.2, -0.15) is 0 Å². The van der Waals surface area contributed by atoms with Gasteiger partial charge in [-0.3, -0.25) is 0 Å². The first-order chi connectivity index (χ1) is 8.38. The molecule has 96 valence electrons. The Bertz CT molecular complexity index is 643. The number of thiazole rings is 1. The summed E-state index contributed by atoms with van der Waals surface area (Å²) in [6.07, 6.45) is 1.81. The molecule has 0 fully saturated rings. The van der Waals surface area contributed by atoms with Gasteiger partial charge in [0, 0.05) is 12.1 Å². The minimum absolute atomic E-state index is 0.125. The van der Waals surface area contributed by atoms with Crippen LogP contribution in [0.1, 0.15) is 24.8 Å². The van der Waals surface area contributed by atoms with Crippen LogP contribution in [0.25, 0.3) is 10.4 Å². The van der Waals surface area contributed by atoms with Crippen molar-refractivity contribution in [1.29, 1.82) is 0 Å². The lowest BCUT2D eigenvalue weighted by molar-refractivity contribution is 0.598. The summed E-state index contributed by atoms with van der Waals surface area (Å²) in [5, 5.41) is 6.12. The van der Waals surface area contributed by atoms with Crippen molar-refractivity contribution in [3.05, 3.63) is 35.5 Å². The van der Waals surface area contributed by atoms with Gasteiger partial charge >= 0.3 is 0 Å². The molecular formula is C12H14N2O2S2. The van der Waals surface area contributed by atoms with Crippen LogP contribution in [-0.4, -0.2) is 13.4 Å². The molecule has 0 saturated heterocycles. The van der Waals surface area contributed by atoms with Gasteiger partial charge in [0.1, 0.15) is 0 Å². The zero-order valence-corrected chi connectivity index (χ0v) is 11.8. The van der Waals surface area contributed by atoms with Crippen LogP contribution in [0.3, 0.4) is 0 Å². The van der Waals surface area contributed by atoms with Crippen LogP contribution < -0.4 is 5.14 Å². The highest BCUT2D eigenvalue weighted by Gasteiger charge is 2.10. The monoisotopic (exact) mass is 282 g/mol. The maximum atomic E-state index is 11.1. The first-order valence-electron chi connectivity index (χ1n) is 5.47. The smallest absolute Gasteiger partial charge is 0.238 e. The van der Waals surface area contributed by atoms with E-state index in [4.69, 9.17) is 5.14 Å². The highest BCUT2D eigenvalue weighted by Crippen LogP contribution is 2.30. The molecule has 0 spiro atoms. The highest BCUT2D eigenvalue weighted by molar-refractivity contribution is 7.89. The standard InChI is InChI=1S/C12H14N2O2S2/c1-8(2)12-14-7-11(17-12)9-3-5-10(6-4-9)18(13,15)16/h3-8H,1-2H3,(H2,13,15,16). The van der Waals surface area contributed by atoms with Crippen LogP contribution in [-0.2, 0) is 10.0 Å². The quantitative estimate of drug-likeness (QED) is 0.940. The molecule has 18 heavy (non-hydrogen) atoms. The van der Waals surface area contributed by atoms with Crippen molar-refractivity contribution in [2.75, 3.05) is 0 Å². The van der Waals surface area contributed by atoms with Gasteiger partial charge in [0.2, 0.25) is 10.0 Å². The van der Waals surface area contributed by atoms with Crippen LogP contribution in [0.5, 0.6) is 0 Å². The molecule has 1 heterocycles. The van der Waals surface area contributed by atoms with Crippen LogP contribution in [0.4, 0.5) is 0 Å². The van der Waals surface area contributed by atoms with Crippen molar-refractivity contribution < 1.29 is 8.42 Å². The SMILES string of the molecule is CC(C)c1ncc(-c2ccc(S(N)(=O)=O)cc2)s1. The van der Waals surface area contributed by atoms with E-state index in [1.165, 1.54) is 12.1 Å². The summed E-state index contributed by atoms with van der Waals surface area (Å²) < 4.78 is 22.3. The summed E-state index contributed by atoms with van der Waals surface area (Å²) in [5.41, 5.74) is 0.951. The Kier molecular flexibility index (Phi) is 3.52. The zero-order valence-electron chi connectivity index (χ0n) is 10.1. The second-order valence-corrected chi connectivity index (χ2v) is 6.91. The average molecular weight is 282 g/mol. The molecule has 2 N–H and O–H groups in total. The third-order valence-electron chi connectivity index (χ3n) is 2.48. The number of nitrogens with zero attached hydrogens (tertiary/aromatic N) is 1. The third kappa shape index (κ3) is 2.77. The van der Waals surface area contributed by atoms with E-state index < -0.39 is 10.0 Å². The summed E-state index contributed by atoms with van der Waals surface area (Å²) in [7, 11) is -3.62. The van der Waals surface area contributed by atoms with Gasteiger partial charge < -0.3 is 0 Å². The minimum atomic E-state index is -3.62. The van der Waals surface area contributed by atoms with Crippen molar-refractivity contribution in [3.63, 3.8) is 0 Å². The molecule has 2 aromatic rings. The number of hydrogen-bond donors (Lipinski definition) is 1. The van der Waals surface area contributed by atoms with Gasteiger partial charge in [-0.1, -0.05) is 26.0 Å². The van der Waals surface area contributed by atoms with Crippen molar-refractivity contribution in [2.45, 2.75) is 24.7 Å². The Morgan fingerprint density at radius 2 is 1.83 bits per heavy atom. The highest BCUT2D eigenvalue weighted by atomic mass is 32.2. The molecule has 6 heteroatoms. The van der Waals surface area contributed by atoms with Gasteiger partial charge in [-0.15, -0.1) is 11.3 Å². The Morgan fingerprint density at radius 3 is 2.28 bits per heavy atom. The molecule has 0 aliphatic heterocycles. The van der Waals surface area contributed by atoms with Crippen molar-refractivity contribution >= 4 is 21.4 Å². The first-order valence-corrected chi connectivity index (χ1v) is 7.83. The fourth-order valence-corrected chi connectivity index (χ4v) is 2.94. The number of sulfonamides is 1. The number of hydrogen-bond acceptors (Lipinski definition) is 4. The molecule has 0 amide bonds. The Hall–Kier alpha value is -1.24. The molecule has 0 radical (unpaired) electrons. The van der Waals surface area contributed by atoms with Crippen molar-refractivity contribution in [1.82, 2.24) is 4.98 Å². The second kappa shape index (κ2) is 4.79. The average Bonchev–Trinajstić information content (AvgIpc) is 2.77. The predicted octanol–water partition coefficient (Wildman–Crippen LogP) is 2.58. The summed E-state index contributed by atoms with van der Waals surface area (Å²) in [5.74, 6) is 0.396. The Balaban J connectivity index is 2.34. The lowest BCUT2D eigenvalue weighted by Gasteiger charge is -2.00. The van der Waals surface area contributed by atoms with E-state index in [0.717, 1.165) is 15.4 Å². The summed E-state index contributed by atoms with van der Waals surface area (Å²) in [6.45, 7) is 4.18. The normalized spacial score (nSPS) is 12.0. The third-order valence-corrected chi connectivity index (χ3v) is 4.76. The lowest BCUT2D eigenvalue weighted by atomic mass is 10.2. The fourth-order valence-electron chi connectivity index (χ4n) is 1.50. The molecule has 1 aromatic carbocycles. The van der Waals surface area contributed by atoms with Gasteiger partial charge in [0.15, 0.2) is 0 Å². The van der Waals surface area contributed by atoms with Crippen LogP contribution >= 0.6 is 11.3 Å². The second-order valence-electron chi connectivity index (χ2n) is 4.29. The van der Waals surface area contributed by atoms with Crippen molar-refractivity contribution in [3.8, 4) is 10.4 Å². The van der Waals surface area contributed by atoms with E-state index in [1.807, 2.05) is 6.20 Å². The summed E-state index contributed by atoms with van der Waals surface area (Å²) in [4.78, 5) is 5.49. The fraction of sp³-hybridized carbons (Fsp3) is 0.250. The van der Waals surface area contributed by atoms with E-state index >= 15 is 0 Å². The van der Waals surface area contributed by atoms with Gasteiger partial charge in [-0.25, -0.2) is 18.5 Å². The molecule has 0 unspecified atom stereocenters. The topological polar surface area (TPSA) is 73.0 Å². The molecule has 0 aliphatic rings.